The van der Waals surface area contributed by atoms with E-state index in [0.717, 1.165) is 5.70 Å². The Bertz CT molecular complexity index is 624. The first-order chi connectivity index (χ1) is 8.68. The van der Waals surface area contributed by atoms with Crippen LogP contribution in [0.5, 0.6) is 0 Å². The van der Waals surface area contributed by atoms with Gasteiger partial charge in [-0.3, -0.25) is 4.79 Å². The first-order valence-corrected chi connectivity index (χ1v) is 5.60. The zero-order valence-electron chi connectivity index (χ0n) is 10.0. The molecule has 18 heavy (non-hydrogen) atoms. The zero-order chi connectivity index (χ0) is 12.7. The molecule has 1 aliphatic heterocycles. The monoisotopic (exact) mass is 244 g/mol. The van der Waals surface area contributed by atoms with Gasteiger partial charge in [0.15, 0.2) is 5.78 Å². The van der Waals surface area contributed by atoms with Crippen molar-refractivity contribution in [2.75, 3.05) is 5.32 Å². The van der Waals surface area contributed by atoms with Crippen molar-refractivity contribution in [3.63, 3.8) is 0 Å². The predicted octanol–water partition coefficient (Wildman–Crippen LogP) is 1.75. The number of carbonyl (C=O) groups is 1. The fourth-order valence-electron chi connectivity index (χ4n) is 2.26. The topological polar surface area (TPSA) is 73.0 Å². The van der Waals surface area contributed by atoms with Crippen molar-refractivity contribution in [3.05, 3.63) is 41.8 Å². The number of fused-ring (bicyclic) bond motifs is 1. The largest absolute Gasteiger partial charge is 0.467 e. The lowest BCUT2D eigenvalue weighted by molar-refractivity contribution is -0.114. The number of rotatable bonds is 2. The Morgan fingerprint density at radius 2 is 2.39 bits per heavy atom. The normalized spacial score (nSPS) is 18.4. The van der Waals surface area contributed by atoms with Crippen LogP contribution in [0.1, 0.15) is 25.6 Å². The van der Waals surface area contributed by atoms with E-state index in [4.69, 9.17) is 4.42 Å². The Morgan fingerprint density at radius 1 is 1.56 bits per heavy atom. The first-order valence-electron chi connectivity index (χ1n) is 5.60. The molecule has 0 fully saturated rings. The quantitative estimate of drug-likeness (QED) is 0.871. The summed E-state index contributed by atoms with van der Waals surface area (Å²) in [5.74, 6) is 1.27. The second kappa shape index (κ2) is 3.83. The summed E-state index contributed by atoms with van der Waals surface area (Å²) >= 11 is 0. The van der Waals surface area contributed by atoms with Crippen LogP contribution in [0.3, 0.4) is 0 Å². The maximum atomic E-state index is 11.8. The lowest BCUT2D eigenvalue weighted by Gasteiger charge is -2.26. The molecule has 0 amide bonds. The maximum Gasteiger partial charge on any atom is 0.226 e. The first kappa shape index (κ1) is 10.8. The molecule has 2 aromatic rings. The van der Waals surface area contributed by atoms with Gasteiger partial charge in [-0.25, -0.2) is 4.68 Å². The summed E-state index contributed by atoms with van der Waals surface area (Å²) in [5.41, 5.74) is 1.42. The van der Waals surface area contributed by atoms with E-state index in [1.807, 2.05) is 13.0 Å². The van der Waals surface area contributed by atoms with E-state index < -0.39 is 0 Å². The molecular formula is C12H12N4O2. The van der Waals surface area contributed by atoms with Gasteiger partial charge in [0.2, 0.25) is 5.95 Å². The van der Waals surface area contributed by atoms with Gasteiger partial charge in [0, 0.05) is 11.3 Å². The van der Waals surface area contributed by atoms with Crippen molar-refractivity contribution in [3.8, 4) is 0 Å². The fourth-order valence-corrected chi connectivity index (χ4v) is 2.26. The molecule has 0 radical (unpaired) electrons. The number of nitrogens with zero attached hydrogens (tertiary/aromatic N) is 3. The highest BCUT2D eigenvalue weighted by molar-refractivity contribution is 5.96. The van der Waals surface area contributed by atoms with Crippen LogP contribution in [0, 0.1) is 0 Å². The Labute approximate surface area is 103 Å². The highest BCUT2D eigenvalue weighted by Crippen LogP contribution is 2.34. The van der Waals surface area contributed by atoms with Crippen molar-refractivity contribution in [1.82, 2.24) is 14.8 Å². The van der Waals surface area contributed by atoms with Crippen LogP contribution in [0.2, 0.25) is 0 Å². The van der Waals surface area contributed by atoms with Crippen LogP contribution < -0.4 is 5.32 Å². The maximum absolute atomic E-state index is 11.8. The molecule has 0 saturated heterocycles. The molecule has 0 bridgehead atoms. The van der Waals surface area contributed by atoms with Gasteiger partial charge in [0.1, 0.15) is 18.1 Å². The van der Waals surface area contributed by atoms with Crippen LogP contribution in [0.15, 0.2) is 40.4 Å². The van der Waals surface area contributed by atoms with Crippen LogP contribution in [-0.4, -0.2) is 20.5 Å². The highest BCUT2D eigenvalue weighted by atomic mass is 16.3. The molecular weight excluding hydrogens is 232 g/mol. The van der Waals surface area contributed by atoms with E-state index in [0.29, 0.717) is 17.3 Å². The summed E-state index contributed by atoms with van der Waals surface area (Å²) in [5, 5.41) is 7.23. The van der Waals surface area contributed by atoms with E-state index in [1.165, 1.54) is 6.33 Å². The number of anilines is 1. The molecule has 1 atom stereocenters. The minimum Gasteiger partial charge on any atom is -0.467 e. The summed E-state index contributed by atoms with van der Waals surface area (Å²) in [6, 6.07) is 3.27. The van der Waals surface area contributed by atoms with Gasteiger partial charge < -0.3 is 9.73 Å². The van der Waals surface area contributed by atoms with Crippen molar-refractivity contribution < 1.29 is 9.21 Å². The van der Waals surface area contributed by atoms with Crippen molar-refractivity contribution in [2.45, 2.75) is 19.9 Å². The van der Waals surface area contributed by atoms with Gasteiger partial charge in [-0.15, -0.1) is 0 Å². The number of furan rings is 1. The molecule has 92 valence electrons. The molecule has 3 heterocycles. The van der Waals surface area contributed by atoms with Gasteiger partial charge in [-0.2, -0.15) is 10.1 Å². The Morgan fingerprint density at radius 3 is 3.06 bits per heavy atom. The SMILES string of the molecule is CC(=O)C1=C(C)Nc2ncnn2C1c1ccco1. The molecule has 6 heteroatoms. The van der Waals surface area contributed by atoms with Crippen LogP contribution in [-0.2, 0) is 4.79 Å². The molecule has 3 rings (SSSR count). The molecule has 0 aliphatic carbocycles. The van der Waals surface area contributed by atoms with Crippen LogP contribution in [0.25, 0.3) is 0 Å². The Balaban J connectivity index is 2.21. The fraction of sp³-hybridized carbons (Fsp3) is 0.250. The van der Waals surface area contributed by atoms with E-state index in [9.17, 15) is 4.79 Å². The third-order valence-corrected chi connectivity index (χ3v) is 2.99. The minimum absolute atomic E-state index is 0.0115. The van der Waals surface area contributed by atoms with Crippen molar-refractivity contribution in [2.24, 2.45) is 0 Å². The lowest BCUT2D eigenvalue weighted by atomic mass is 9.98. The average Bonchev–Trinajstić information content (AvgIpc) is 2.96. The number of aromatic nitrogens is 3. The Hall–Kier alpha value is -2.37. The molecule has 0 saturated carbocycles. The summed E-state index contributed by atoms with van der Waals surface area (Å²) in [4.78, 5) is 16.0. The standard InChI is InChI=1S/C12H12N4O2/c1-7-10(8(2)17)11(9-4-3-5-18-9)16-12(15-7)13-6-14-16/h3-6,11H,1-2H3,(H,13,14,15). The van der Waals surface area contributed by atoms with E-state index in [-0.39, 0.29) is 11.8 Å². The third-order valence-electron chi connectivity index (χ3n) is 2.99. The number of hydrogen-bond acceptors (Lipinski definition) is 5. The van der Waals surface area contributed by atoms with Gasteiger partial charge >= 0.3 is 0 Å². The van der Waals surface area contributed by atoms with Crippen molar-refractivity contribution in [1.29, 1.82) is 0 Å². The van der Waals surface area contributed by atoms with Gasteiger partial charge in [0.25, 0.3) is 0 Å². The highest BCUT2D eigenvalue weighted by Gasteiger charge is 2.33. The lowest BCUT2D eigenvalue weighted by Crippen LogP contribution is -2.27. The smallest absolute Gasteiger partial charge is 0.226 e. The number of hydrogen-bond donors (Lipinski definition) is 1. The molecule has 6 nitrogen and oxygen atoms in total. The van der Waals surface area contributed by atoms with E-state index in [2.05, 4.69) is 15.4 Å². The average molecular weight is 244 g/mol. The van der Waals surface area contributed by atoms with Gasteiger partial charge in [-0.1, -0.05) is 0 Å². The summed E-state index contributed by atoms with van der Waals surface area (Å²) in [7, 11) is 0. The molecule has 2 aromatic heterocycles. The number of Topliss-reactive ketones (excluding diaryl/α,β-unsaturated/α-hetero) is 1. The molecule has 1 N–H and O–H groups in total. The number of nitrogens with one attached hydrogen (secondary N) is 1. The molecule has 0 spiro atoms. The van der Waals surface area contributed by atoms with Crippen LogP contribution in [0.4, 0.5) is 5.95 Å². The second-order valence-corrected chi connectivity index (χ2v) is 4.17. The molecule has 0 aromatic carbocycles. The third kappa shape index (κ3) is 1.46. The minimum atomic E-state index is -0.351. The summed E-state index contributed by atoms with van der Waals surface area (Å²) < 4.78 is 7.08. The Kier molecular flexibility index (Phi) is 2.29. The molecule has 1 aliphatic rings. The zero-order valence-corrected chi connectivity index (χ0v) is 10.0. The van der Waals surface area contributed by atoms with Gasteiger partial charge in [-0.05, 0) is 26.0 Å². The number of ketones is 1. The number of allylic oxidation sites excluding steroid dienone is 2. The van der Waals surface area contributed by atoms with Crippen molar-refractivity contribution >= 4 is 11.7 Å². The summed E-state index contributed by atoms with van der Waals surface area (Å²) in [6.07, 6.45) is 3.04. The molecule has 1 unspecified atom stereocenters. The van der Waals surface area contributed by atoms with E-state index >= 15 is 0 Å². The van der Waals surface area contributed by atoms with E-state index in [1.54, 1.807) is 23.9 Å². The van der Waals surface area contributed by atoms with Crippen LogP contribution >= 0.6 is 0 Å². The summed E-state index contributed by atoms with van der Waals surface area (Å²) in [6.45, 7) is 3.39. The number of carbonyl (C=O) groups excluding carboxylic acids is 1. The predicted molar refractivity (Wildman–Crippen MR) is 63.9 cm³/mol. The second-order valence-electron chi connectivity index (χ2n) is 4.17. The van der Waals surface area contributed by atoms with Gasteiger partial charge in [0.05, 0.1) is 6.26 Å².